The second-order valence-corrected chi connectivity index (χ2v) is 6.74. The number of aromatic nitrogens is 1. The molecular weight excluding hydrogens is 302 g/mol. The molecule has 1 aliphatic carbocycles. The molecule has 3 rings (SSSR count). The van der Waals surface area contributed by atoms with Crippen LogP contribution in [0, 0.1) is 0 Å². The van der Waals surface area contributed by atoms with Crippen molar-refractivity contribution >= 4 is 5.91 Å². The summed E-state index contributed by atoms with van der Waals surface area (Å²) < 4.78 is 5.40. The minimum Gasteiger partial charge on any atom is -0.361 e. The Morgan fingerprint density at radius 1 is 1.29 bits per heavy atom. The largest absolute Gasteiger partial charge is 0.361 e. The Bertz CT molecular complexity index is 675. The van der Waals surface area contributed by atoms with Gasteiger partial charge in [0, 0.05) is 31.6 Å². The topological polar surface area (TPSA) is 72.4 Å². The molecule has 128 valence electrons. The number of rotatable bonds is 6. The summed E-state index contributed by atoms with van der Waals surface area (Å²) in [4.78, 5) is 14.2. The lowest BCUT2D eigenvalue weighted by molar-refractivity contribution is -0.135. The number of hydrogen-bond donors (Lipinski definition) is 1. The van der Waals surface area contributed by atoms with Gasteiger partial charge in [-0.15, -0.1) is 0 Å². The molecular formula is C19H25N3O2. The lowest BCUT2D eigenvalue weighted by Gasteiger charge is -2.28. The number of benzene rings is 1. The van der Waals surface area contributed by atoms with Crippen molar-refractivity contribution in [3.05, 3.63) is 42.2 Å². The van der Waals surface area contributed by atoms with Crippen LogP contribution in [0.2, 0.25) is 0 Å². The standard InChI is InChI=1S/C19H25N3O2/c1-22(18(23)19(20)11-5-6-12-19)13-7-10-16-14-17(21-24-16)15-8-3-2-4-9-15/h2-4,8-9,14H,5-7,10-13,20H2,1H3. The molecule has 0 atom stereocenters. The number of nitrogens with zero attached hydrogens (tertiary/aromatic N) is 2. The zero-order chi connectivity index (χ0) is 17.0. The molecule has 24 heavy (non-hydrogen) atoms. The number of carbonyl (C=O) groups excluding carboxylic acids is 1. The van der Waals surface area contributed by atoms with E-state index in [4.69, 9.17) is 10.3 Å². The molecule has 5 nitrogen and oxygen atoms in total. The van der Waals surface area contributed by atoms with Crippen molar-refractivity contribution in [3.63, 3.8) is 0 Å². The van der Waals surface area contributed by atoms with Crippen molar-refractivity contribution in [2.75, 3.05) is 13.6 Å². The fourth-order valence-corrected chi connectivity index (χ4v) is 3.37. The van der Waals surface area contributed by atoms with Crippen molar-refractivity contribution < 1.29 is 9.32 Å². The fraction of sp³-hybridized carbons (Fsp3) is 0.474. The first-order valence-corrected chi connectivity index (χ1v) is 8.64. The lowest BCUT2D eigenvalue weighted by atomic mass is 9.97. The number of amides is 1. The molecule has 2 aromatic rings. The van der Waals surface area contributed by atoms with Crippen molar-refractivity contribution in [1.29, 1.82) is 0 Å². The van der Waals surface area contributed by atoms with Crippen LogP contribution < -0.4 is 5.73 Å². The summed E-state index contributed by atoms with van der Waals surface area (Å²) in [6.07, 6.45) is 5.31. The van der Waals surface area contributed by atoms with E-state index in [0.717, 1.165) is 55.5 Å². The van der Waals surface area contributed by atoms with E-state index in [9.17, 15) is 4.79 Å². The molecule has 1 heterocycles. The molecule has 0 aliphatic heterocycles. The van der Waals surface area contributed by atoms with E-state index in [1.165, 1.54) is 0 Å². The van der Waals surface area contributed by atoms with E-state index >= 15 is 0 Å². The molecule has 2 N–H and O–H groups in total. The third kappa shape index (κ3) is 3.67. The number of nitrogens with two attached hydrogens (primary N) is 1. The average molecular weight is 327 g/mol. The van der Waals surface area contributed by atoms with Crippen LogP contribution in [0.5, 0.6) is 0 Å². The van der Waals surface area contributed by atoms with Gasteiger partial charge in [-0.2, -0.15) is 0 Å². The van der Waals surface area contributed by atoms with Crippen LogP contribution in [0.15, 0.2) is 40.9 Å². The molecule has 1 fully saturated rings. The van der Waals surface area contributed by atoms with Crippen molar-refractivity contribution in [3.8, 4) is 11.3 Å². The van der Waals surface area contributed by atoms with Crippen LogP contribution in [0.25, 0.3) is 11.3 Å². The molecule has 0 unspecified atom stereocenters. The van der Waals surface area contributed by atoms with E-state index in [-0.39, 0.29) is 5.91 Å². The van der Waals surface area contributed by atoms with Gasteiger partial charge in [-0.3, -0.25) is 4.79 Å². The number of likely N-dealkylation sites (N-methyl/N-ethyl adjacent to an activating group) is 1. The Labute approximate surface area is 142 Å². The number of hydrogen-bond acceptors (Lipinski definition) is 4. The van der Waals surface area contributed by atoms with Crippen molar-refractivity contribution in [2.24, 2.45) is 5.73 Å². The Morgan fingerprint density at radius 3 is 2.71 bits per heavy atom. The molecule has 1 aromatic carbocycles. The van der Waals surface area contributed by atoms with Gasteiger partial charge in [-0.05, 0) is 19.3 Å². The van der Waals surface area contributed by atoms with Crippen LogP contribution in [-0.2, 0) is 11.2 Å². The maximum absolute atomic E-state index is 12.5. The SMILES string of the molecule is CN(CCCc1cc(-c2ccccc2)no1)C(=O)C1(N)CCCC1. The Balaban J connectivity index is 1.50. The molecule has 1 aliphatic rings. The van der Waals surface area contributed by atoms with Gasteiger partial charge >= 0.3 is 0 Å². The summed E-state index contributed by atoms with van der Waals surface area (Å²) in [5.41, 5.74) is 7.49. The highest BCUT2D eigenvalue weighted by atomic mass is 16.5. The molecule has 1 aromatic heterocycles. The van der Waals surface area contributed by atoms with Crippen LogP contribution >= 0.6 is 0 Å². The highest BCUT2D eigenvalue weighted by Gasteiger charge is 2.38. The van der Waals surface area contributed by atoms with E-state index in [1.54, 1.807) is 4.90 Å². The van der Waals surface area contributed by atoms with Gasteiger partial charge < -0.3 is 15.2 Å². The van der Waals surface area contributed by atoms with Gasteiger partial charge in [0.15, 0.2) is 0 Å². The zero-order valence-electron chi connectivity index (χ0n) is 14.2. The van der Waals surface area contributed by atoms with Gasteiger partial charge in [-0.25, -0.2) is 0 Å². The monoisotopic (exact) mass is 327 g/mol. The summed E-state index contributed by atoms with van der Waals surface area (Å²) in [5.74, 6) is 0.917. The van der Waals surface area contributed by atoms with Gasteiger partial charge in [0.05, 0.1) is 5.54 Å². The molecule has 1 amide bonds. The zero-order valence-corrected chi connectivity index (χ0v) is 14.2. The molecule has 0 spiro atoms. The molecule has 5 heteroatoms. The second kappa shape index (κ2) is 7.18. The molecule has 1 saturated carbocycles. The van der Waals surface area contributed by atoms with E-state index in [1.807, 2.05) is 43.4 Å². The average Bonchev–Trinajstić information content (AvgIpc) is 3.25. The second-order valence-electron chi connectivity index (χ2n) is 6.74. The highest BCUT2D eigenvalue weighted by molar-refractivity contribution is 5.86. The quantitative estimate of drug-likeness (QED) is 0.885. The summed E-state index contributed by atoms with van der Waals surface area (Å²) in [5, 5.41) is 4.12. The fourth-order valence-electron chi connectivity index (χ4n) is 3.37. The summed E-state index contributed by atoms with van der Waals surface area (Å²) in [6, 6.07) is 11.9. The highest BCUT2D eigenvalue weighted by Crippen LogP contribution is 2.28. The minimum atomic E-state index is -0.637. The number of aryl methyl sites for hydroxylation is 1. The van der Waals surface area contributed by atoms with Crippen molar-refractivity contribution in [2.45, 2.75) is 44.1 Å². The third-order valence-electron chi connectivity index (χ3n) is 4.81. The predicted molar refractivity (Wildman–Crippen MR) is 93.3 cm³/mol. The van der Waals surface area contributed by atoms with Crippen LogP contribution in [-0.4, -0.2) is 35.1 Å². The van der Waals surface area contributed by atoms with Gasteiger partial charge in [0.1, 0.15) is 11.5 Å². The Hall–Kier alpha value is -2.14. The summed E-state index contributed by atoms with van der Waals surface area (Å²) >= 11 is 0. The molecule has 0 bridgehead atoms. The van der Waals surface area contributed by atoms with Crippen LogP contribution in [0.3, 0.4) is 0 Å². The summed E-state index contributed by atoms with van der Waals surface area (Å²) in [6.45, 7) is 0.680. The first-order valence-electron chi connectivity index (χ1n) is 8.64. The van der Waals surface area contributed by atoms with Crippen molar-refractivity contribution in [1.82, 2.24) is 10.1 Å². The maximum Gasteiger partial charge on any atom is 0.242 e. The van der Waals surface area contributed by atoms with E-state index < -0.39 is 5.54 Å². The van der Waals surface area contributed by atoms with E-state index in [2.05, 4.69) is 5.16 Å². The van der Waals surface area contributed by atoms with Gasteiger partial charge in [0.2, 0.25) is 5.91 Å². The minimum absolute atomic E-state index is 0.0718. The predicted octanol–water partition coefficient (Wildman–Crippen LogP) is 3.00. The van der Waals surface area contributed by atoms with E-state index in [0.29, 0.717) is 6.54 Å². The Morgan fingerprint density at radius 2 is 2.00 bits per heavy atom. The molecule has 0 saturated heterocycles. The first-order chi connectivity index (χ1) is 11.6. The molecule has 0 radical (unpaired) electrons. The lowest BCUT2D eigenvalue weighted by Crippen LogP contribution is -2.52. The van der Waals surface area contributed by atoms with Gasteiger partial charge in [-0.1, -0.05) is 48.3 Å². The Kier molecular flexibility index (Phi) is 5.00. The van der Waals surface area contributed by atoms with Crippen LogP contribution in [0.4, 0.5) is 0 Å². The maximum atomic E-state index is 12.5. The third-order valence-corrected chi connectivity index (χ3v) is 4.81. The smallest absolute Gasteiger partial charge is 0.242 e. The normalized spacial score (nSPS) is 16.2. The van der Waals surface area contributed by atoms with Gasteiger partial charge in [0.25, 0.3) is 0 Å². The summed E-state index contributed by atoms with van der Waals surface area (Å²) in [7, 11) is 1.84. The first kappa shape index (κ1) is 16.7. The number of carbonyl (C=O) groups is 1. The van der Waals surface area contributed by atoms with Crippen LogP contribution in [0.1, 0.15) is 37.9 Å².